The Hall–Kier alpha value is -1.62. The summed E-state index contributed by atoms with van der Waals surface area (Å²) in [5.74, 6) is -1.07. The maximum atomic E-state index is 13.3. The van der Waals surface area contributed by atoms with E-state index in [0.717, 1.165) is 25.7 Å². The Bertz CT molecular complexity index is 573. The summed E-state index contributed by atoms with van der Waals surface area (Å²) in [5.41, 5.74) is 0.599. The van der Waals surface area contributed by atoms with Gasteiger partial charge in [0.15, 0.2) is 0 Å². The number of amides is 2. The Morgan fingerprint density at radius 3 is 2.44 bits per heavy atom. The molecule has 0 bridgehead atoms. The van der Waals surface area contributed by atoms with Gasteiger partial charge in [-0.3, -0.25) is 9.59 Å². The first-order valence-corrected chi connectivity index (χ1v) is 9.51. The van der Waals surface area contributed by atoms with Gasteiger partial charge in [0.05, 0.1) is 0 Å². The third kappa shape index (κ3) is 5.43. The molecule has 0 radical (unpaired) electrons. The van der Waals surface area contributed by atoms with E-state index in [1.54, 1.807) is 12.1 Å². The lowest BCUT2D eigenvalue weighted by atomic mass is 9.94. The van der Waals surface area contributed by atoms with Crippen molar-refractivity contribution in [3.8, 4) is 0 Å². The fraction of sp³-hybridized carbons (Fsp3) is 0.579. The lowest BCUT2D eigenvalue weighted by molar-refractivity contribution is -0.139. The third-order valence-electron chi connectivity index (χ3n) is 4.60. The zero-order chi connectivity index (χ0) is 18.2. The number of carbonyl (C=O) groups excluding carboxylic acids is 2. The average Bonchev–Trinajstić information content (AvgIpc) is 2.63. The number of nitrogens with one attached hydrogen (secondary N) is 1. The van der Waals surface area contributed by atoms with Gasteiger partial charge in [0.25, 0.3) is 0 Å². The minimum absolute atomic E-state index is 0.138. The second-order valence-corrected chi connectivity index (χ2v) is 6.79. The molecule has 1 aromatic carbocycles. The Labute approximate surface area is 153 Å². The van der Waals surface area contributed by atoms with Gasteiger partial charge in [0.2, 0.25) is 11.8 Å². The average molecular weight is 369 g/mol. The second-order valence-electron chi connectivity index (χ2n) is 6.52. The van der Waals surface area contributed by atoms with Crippen molar-refractivity contribution < 1.29 is 14.0 Å². The lowest BCUT2D eigenvalue weighted by Crippen LogP contribution is -2.47. The molecule has 6 heteroatoms. The number of hydrogen-bond donors (Lipinski definition) is 1. The van der Waals surface area contributed by atoms with Crippen LogP contribution in [-0.2, 0) is 9.59 Å². The van der Waals surface area contributed by atoms with Gasteiger partial charge in [0, 0.05) is 12.6 Å². The molecule has 0 heterocycles. The highest BCUT2D eigenvalue weighted by Crippen LogP contribution is 2.25. The number of halogens is 2. The Kier molecular flexibility index (Phi) is 7.69. The molecular formula is C19H26ClFN2O2. The van der Waals surface area contributed by atoms with E-state index < -0.39 is 6.04 Å². The molecule has 0 aromatic heterocycles. The maximum Gasteiger partial charge on any atom is 0.247 e. The van der Waals surface area contributed by atoms with Crippen LogP contribution < -0.4 is 5.32 Å². The smallest absolute Gasteiger partial charge is 0.247 e. The molecule has 1 unspecified atom stereocenters. The van der Waals surface area contributed by atoms with Gasteiger partial charge in [0.1, 0.15) is 17.7 Å². The summed E-state index contributed by atoms with van der Waals surface area (Å²) < 4.78 is 13.3. The zero-order valence-corrected chi connectivity index (χ0v) is 15.4. The van der Waals surface area contributed by atoms with E-state index in [4.69, 9.17) is 11.6 Å². The van der Waals surface area contributed by atoms with Crippen LogP contribution in [0.1, 0.15) is 57.1 Å². The van der Waals surface area contributed by atoms with Gasteiger partial charge in [-0.15, -0.1) is 11.6 Å². The summed E-state index contributed by atoms with van der Waals surface area (Å²) >= 11 is 5.75. The number of carbonyl (C=O) groups is 2. The summed E-state index contributed by atoms with van der Waals surface area (Å²) in [6.45, 7) is 2.36. The normalized spacial score (nSPS) is 16.3. The highest BCUT2D eigenvalue weighted by Gasteiger charge is 2.32. The SMILES string of the molecule is CCCN(C(=O)CCl)C(C(=O)NC1CCCCC1)c1ccc(F)cc1. The van der Waals surface area contributed by atoms with E-state index in [1.807, 2.05) is 6.92 Å². The number of alkyl halides is 1. The molecule has 1 saturated carbocycles. The fourth-order valence-electron chi connectivity index (χ4n) is 3.36. The molecule has 1 fully saturated rings. The molecule has 1 aliphatic carbocycles. The largest absolute Gasteiger partial charge is 0.351 e. The molecule has 1 N–H and O–H groups in total. The molecular weight excluding hydrogens is 343 g/mol. The zero-order valence-electron chi connectivity index (χ0n) is 14.6. The van der Waals surface area contributed by atoms with Crippen LogP contribution in [0.3, 0.4) is 0 Å². The molecule has 0 saturated heterocycles. The van der Waals surface area contributed by atoms with E-state index >= 15 is 0 Å². The van der Waals surface area contributed by atoms with E-state index in [9.17, 15) is 14.0 Å². The first-order valence-electron chi connectivity index (χ1n) is 8.98. The first kappa shape index (κ1) is 19.7. The van der Waals surface area contributed by atoms with E-state index in [0.29, 0.717) is 18.5 Å². The van der Waals surface area contributed by atoms with Crippen molar-refractivity contribution in [3.63, 3.8) is 0 Å². The van der Waals surface area contributed by atoms with Crippen molar-refractivity contribution >= 4 is 23.4 Å². The molecule has 25 heavy (non-hydrogen) atoms. The molecule has 2 rings (SSSR count). The standard InChI is InChI=1S/C19H26ClFN2O2/c1-2-12-23(17(24)13-20)18(14-8-10-15(21)11-9-14)19(25)22-16-6-4-3-5-7-16/h8-11,16,18H,2-7,12-13H2,1H3,(H,22,25). The van der Waals surface area contributed by atoms with Crippen LogP contribution in [0, 0.1) is 5.82 Å². The monoisotopic (exact) mass is 368 g/mol. The van der Waals surface area contributed by atoms with E-state index in [1.165, 1.54) is 23.5 Å². The van der Waals surface area contributed by atoms with Gasteiger partial charge in [-0.05, 0) is 37.0 Å². The Morgan fingerprint density at radius 1 is 1.24 bits per heavy atom. The van der Waals surface area contributed by atoms with Crippen LogP contribution in [0.15, 0.2) is 24.3 Å². The number of hydrogen-bond acceptors (Lipinski definition) is 2. The summed E-state index contributed by atoms with van der Waals surface area (Å²) in [7, 11) is 0. The fourth-order valence-corrected chi connectivity index (χ4v) is 3.51. The minimum atomic E-state index is -0.784. The van der Waals surface area contributed by atoms with Crippen molar-refractivity contribution in [2.45, 2.75) is 57.5 Å². The minimum Gasteiger partial charge on any atom is -0.351 e. The van der Waals surface area contributed by atoms with Crippen molar-refractivity contribution in [1.82, 2.24) is 10.2 Å². The number of rotatable bonds is 7. The molecule has 138 valence electrons. The number of benzene rings is 1. The van der Waals surface area contributed by atoms with Crippen molar-refractivity contribution in [2.24, 2.45) is 0 Å². The highest BCUT2D eigenvalue weighted by atomic mass is 35.5. The summed E-state index contributed by atoms with van der Waals surface area (Å²) in [6, 6.07) is 5.10. The van der Waals surface area contributed by atoms with E-state index in [-0.39, 0.29) is 29.6 Å². The van der Waals surface area contributed by atoms with Crippen molar-refractivity contribution in [3.05, 3.63) is 35.6 Å². The summed E-state index contributed by atoms with van der Waals surface area (Å²) in [5, 5.41) is 3.08. The van der Waals surface area contributed by atoms with Gasteiger partial charge < -0.3 is 10.2 Å². The van der Waals surface area contributed by atoms with Crippen molar-refractivity contribution in [2.75, 3.05) is 12.4 Å². The first-order chi connectivity index (χ1) is 12.1. The van der Waals surface area contributed by atoms with Crippen LogP contribution >= 0.6 is 11.6 Å². The lowest BCUT2D eigenvalue weighted by Gasteiger charge is -2.33. The molecule has 1 aromatic rings. The maximum absolute atomic E-state index is 13.3. The molecule has 2 amide bonds. The highest BCUT2D eigenvalue weighted by molar-refractivity contribution is 6.27. The molecule has 1 atom stereocenters. The topological polar surface area (TPSA) is 49.4 Å². The second kappa shape index (κ2) is 9.76. The van der Waals surface area contributed by atoms with Crippen LogP contribution in [0.25, 0.3) is 0 Å². The quantitative estimate of drug-likeness (QED) is 0.744. The molecule has 1 aliphatic rings. The Morgan fingerprint density at radius 2 is 1.88 bits per heavy atom. The van der Waals surface area contributed by atoms with Crippen LogP contribution in [-0.4, -0.2) is 35.2 Å². The van der Waals surface area contributed by atoms with E-state index in [2.05, 4.69) is 5.32 Å². The predicted molar refractivity (Wildman–Crippen MR) is 96.9 cm³/mol. The molecule has 4 nitrogen and oxygen atoms in total. The summed E-state index contributed by atoms with van der Waals surface area (Å²) in [6.07, 6.45) is 6.02. The summed E-state index contributed by atoms with van der Waals surface area (Å²) in [4.78, 5) is 26.8. The predicted octanol–water partition coefficient (Wildman–Crippen LogP) is 3.79. The Balaban J connectivity index is 2.27. The van der Waals surface area contributed by atoms with Crippen molar-refractivity contribution in [1.29, 1.82) is 0 Å². The van der Waals surface area contributed by atoms with Crippen LogP contribution in [0.4, 0.5) is 4.39 Å². The molecule has 0 aliphatic heterocycles. The third-order valence-corrected chi connectivity index (χ3v) is 4.83. The van der Waals surface area contributed by atoms with Gasteiger partial charge in [-0.1, -0.05) is 38.3 Å². The van der Waals surface area contributed by atoms with Gasteiger partial charge in [-0.2, -0.15) is 0 Å². The number of nitrogens with zero attached hydrogens (tertiary/aromatic N) is 1. The van der Waals surface area contributed by atoms with Gasteiger partial charge in [-0.25, -0.2) is 4.39 Å². The van der Waals surface area contributed by atoms with Gasteiger partial charge >= 0.3 is 0 Å². The van der Waals surface area contributed by atoms with Crippen LogP contribution in [0.5, 0.6) is 0 Å². The molecule has 0 spiro atoms. The van der Waals surface area contributed by atoms with Crippen LogP contribution in [0.2, 0.25) is 0 Å².